The van der Waals surface area contributed by atoms with Gasteiger partial charge in [-0.05, 0) is 19.1 Å². The van der Waals surface area contributed by atoms with E-state index in [0.717, 1.165) is 4.68 Å². The van der Waals surface area contributed by atoms with Crippen molar-refractivity contribution < 1.29 is 13.2 Å². The lowest BCUT2D eigenvalue weighted by molar-refractivity contribution is 0.528. The van der Waals surface area contributed by atoms with Gasteiger partial charge in [-0.25, -0.2) is 27.8 Å². The first kappa shape index (κ1) is 22.5. The van der Waals surface area contributed by atoms with Crippen LogP contribution in [0.15, 0.2) is 55.1 Å². The summed E-state index contributed by atoms with van der Waals surface area (Å²) in [5.74, 6) is -2.90. The van der Waals surface area contributed by atoms with Gasteiger partial charge in [-0.15, -0.1) is 0 Å². The topological polar surface area (TPSA) is 129 Å². The maximum absolute atomic E-state index is 14.1. The molecule has 1 unspecified atom stereocenters. The first-order chi connectivity index (χ1) is 16.3. The molecule has 8 nitrogen and oxygen atoms in total. The van der Waals surface area contributed by atoms with E-state index in [9.17, 15) is 13.2 Å². The van der Waals surface area contributed by atoms with E-state index in [4.69, 9.17) is 16.4 Å². The Bertz CT molecular complexity index is 1420. The Kier molecular flexibility index (Phi) is 5.97. The number of nitrogens with one attached hydrogen (secondary N) is 2. The lowest BCUT2D eigenvalue weighted by Crippen LogP contribution is -2.16. The molecule has 0 aliphatic carbocycles. The quantitative estimate of drug-likeness (QED) is 0.370. The van der Waals surface area contributed by atoms with Gasteiger partial charge in [-0.3, -0.25) is 5.41 Å². The summed E-state index contributed by atoms with van der Waals surface area (Å²) < 4.78 is 42.4. The predicted octanol–water partition coefficient (Wildman–Crippen LogP) is 4.12. The van der Waals surface area contributed by atoms with Crippen molar-refractivity contribution in [1.82, 2.24) is 19.7 Å². The third-order valence-corrected chi connectivity index (χ3v) is 5.07. The molecule has 11 heteroatoms. The number of rotatable bonds is 6. The molecule has 0 aliphatic rings. The molecule has 34 heavy (non-hydrogen) atoms. The van der Waals surface area contributed by atoms with E-state index < -0.39 is 29.2 Å². The van der Waals surface area contributed by atoms with Gasteiger partial charge in [0.25, 0.3) is 0 Å². The minimum Gasteiger partial charge on any atom is -0.383 e. The number of hydrogen-bond donors (Lipinski definition) is 3. The second kappa shape index (κ2) is 9.03. The molecule has 4 N–H and O–H groups in total. The Hall–Kier alpha value is -4.72. The van der Waals surface area contributed by atoms with Gasteiger partial charge in [-0.1, -0.05) is 12.1 Å². The van der Waals surface area contributed by atoms with E-state index in [1.54, 1.807) is 31.2 Å². The lowest BCUT2D eigenvalue weighted by atomic mass is 10.0. The predicted molar refractivity (Wildman–Crippen MR) is 119 cm³/mol. The van der Waals surface area contributed by atoms with Crippen molar-refractivity contribution in [2.45, 2.75) is 13.0 Å². The van der Waals surface area contributed by atoms with Crippen LogP contribution in [0.3, 0.4) is 0 Å². The molecule has 2 heterocycles. The fraction of sp³-hybridized carbons (Fsp3) is 0.0870. The number of benzene rings is 2. The average Bonchev–Trinajstić information content (AvgIpc) is 3.28. The van der Waals surface area contributed by atoms with E-state index in [1.165, 1.54) is 18.7 Å². The van der Waals surface area contributed by atoms with Crippen LogP contribution in [-0.2, 0) is 0 Å². The molecule has 0 spiro atoms. The van der Waals surface area contributed by atoms with E-state index in [2.05, 4.69) is 20.4 Å². The molecule has 0 radical (unpaired) electrons. The number of nitrogens with two attached hydrogens (primary N) is 1. The molecule has 0 bridgehead atoms. The van der Waals surface area contributed by atoms with Crippen LogP contribution >= 0.6 is 0 Å². The molecule has 2 aromatic heterocycles. The maximum atomic E-state index is 14.1. The van der Waals surface area contributed by atoms with Gasteiger partial charge >= 0.3 is 0 Å². The van der Waals surface area contributed by atoms with Crippen molar-refractivity contribution in [2.24, 2.45) is 0 Å². The van der Waals surface area contributed by atoms with Crippen LogP contribution in [0.1, 0.15) is 35.2 Å². The number of hydrogen-bond acceptors (Lipinski definition) is 7. The van der Waals surface area contributed by atoms with E-state index in [-0.39, 0.29) is 22.9 Å². The highest BCUT2D eigenvalue weighted by Crippen LogP contribution is 2.27. The first-order valence-corrected chi connectivity index (χ1v) is 9.94. The molecule has 1 atom stereocenters. The van der Waals surface area contributed by atoms with Crippen LogP contribution in [0.25, 0.3) is 5.69 Å². The highest BCUT2D eigenvalue weighted by atomic mass is 19.1. The molecule has 0 fully saturated rings. The molecule has 4 aromatic rings. The summed E-state index contributed by atoms with van der Waals surface area (Å²) in [5.41, 5.74) is 7.14. The van der Waals surface area contributed by atoms with Crippen LogP contribution in [0.2, 0.25) is 0 Å². The van der Waals surface area contributed by atoms with Crippen LogP contribution in [-0.4, -0.2) is 25.5 Å². The molecule has 2 aromatic carbocycles. The summed E-state index contributed by atoms with van der Waals surface area (Å²) in [7, 11) is 0. The monoisotopic (exact) mass is 462 g/mol. The fourth-order valence-corrected chi connectivity index (χ4v) is 3.37. The van der Waals surface area contributed by atoms with Crippen molar-refractivity contribution >= 4 is 17.3 Å². The third-order valence-electron chi connectivity index (χ3n) is 5.07. The minimum atomic E-state index is -1.09. The van der Waals surface area contributed by atoms with Crippen LogP contribution < -0.4 is 11.1 Å². The summed E-state index contributed by atoms with van der Waals surface area (Å²) in [6, 6.07) is 9.18. The summed E-state index contributed by atoms with van der Waals surface area (Å²) in [6.07, 6.45) is 4.02. The smallest absolute Gasteiger partial charge is 0.154 e. The summed E-state index contributed by atoms with van der Waals surface area (Å²) in [4.78, 5) is 8.17. The fourth-order valence-electron chi connectivity index (χ4n) is 3.37. The number of nitriles is 1. The molecule has 0 aliphatic heterocycles. The van der Waals surface area contributed by atoms with Gasteiger partial charge < -0.3 is 11.1 Å². The zero-order chi connectivity index (χ0) is 24.4. The van der Waals surface area contributed by atoms with Crippen LogP contribution in [0, 0.1) is 34.2 Å². The van der Waals surface area contributed by atoms with E-state index in [1.807, 2.05) is 6.07 Å². The third kappa shape index (κ3) is 4.29. The van der Waals surface area contributed by atoms with Crippen LogP contribution in [0.4, 0.5) is 24.8 Å². The second-order valence-corrected chi connectivity index (χ2v) is 7.35. The molecule has 0 amide bonds. The number of anilines is 2. The Morgan fingerprint density at radius 1 is 1.18 bits per heavy atom. The van der Waals surface area contributed by atoms with Crippen molar-refractivity contribution in [3.63, 3.8) is 0 Å². The second-order valence-electron chi connectivity index (χ2n) is 7.35. The van der Waals surface area contributed by atoms with E-state index >= 15 is 0 Å². The summed E-state index contributed by atoms with van der Waals surface area (Å²) in [6.45, 7) is 1.75. The summed E-state index contributed by atoms with van der Waals surface area (Å²) >= 11 is 0. The largest absolute Gasteiger partial charge is 0.383 e. The highest BCUT2D eigenvalue weighted by molar-refractivity contribution is 6.16. The summed E-state index contributed by atoms with van der Waals surface area (Å²) in [5, 5.41) is 24.9. The number of nitrogens with zero attached hydrogens (tertiary/aromatic N) is 5. The Morgan fingerprint density at radius 2 is 1.91 bits per heavy atom. The number of nitrogen functional groups attached to an aromatic ring is 1. The SMILES string of the molecule is CC(Nc1ncnc(N)c1C(=N)c1cccc(C#N)c1)c1cnn(-c2c(F)cc(F)cc2F)c1. The minimum absolute atomic E-state index is 0.0102. The lowest BCUT2D eigenvalue weighted by Gasteiger charge is -2.17. The van der Waals surface area contributed by atoms with Crippen molar-refractivity contribution in [2.75, 3.05) is 11.1 Å². The molecule has 170 valence electrons. The van der Waals surface area contributed by atoms with Gasteiger partial charge in [0.2, 0.25) is 0 Å². The molecular weight excluding hydrogens is 445 g/mol. The van der Waals surface area contributed by atoms with Crippen LogP contribution in [0.5, 0.6) is 0 Å². The Morgan fingerprint density at radius 3 is 2.62 bits per heavy atom. The first-order valence-electron chi connectivity index (χ1n) is 9.94. The van der Waals surface area contributed by atoms with Crippen molar-refractivity contribution in [1.29, 1.82) is 10.7 Å². The average molecular weight is 462 g/mol. The highest BCUT2D eigenvalue weighted by Gasteiger charge is 2.20. The molecule has 0 saturated carbocycles. The zero-order valence-corrected chi connectivity index (χ0v) is 17.7. The normalized spacial score (nSPS) is 11.6. The maximum Gasteiger partial charge on any atom is 0.154 e. The van der Waals surface area contributed by atoms with E-state index in [0.29, 0.717) is 28.8 Å². The molecule has 4 rings (SSSR count). The Labute approximate surface area is 192 Å². The van der Waals surface area contributed by atoms with Crippen molar-refractivity contribution in [3.8, 4) is 11.8 Å². The van der Waals surface area contributed by atoms with Gasteiger partial charge in [0.05, 0.1) is 35.1 Å². The Balaban J connectivity index is 1.64. The van der Waals surface area contributed by atoms with Gasteiger partial charge in [-0.2, -0.15) is 10.4 Å². The number of aromatic nitrogens is 4. The molecular formula is C23H17F3N8. The zero-order valence-electron chi connectivity index (χ0n) is 17.7. The van der Waals surface area contributed by atoms with Gasteiger partial charge in [0, 0.05) is 29.5 Å². The standard InChI is InChI=1S/C23H17F3N8/c1-12(15-9-32-34(10-15)21-17(25)6-16(24)7-18(21)26)33-23-19(22(29)30-11-31-23)20(28)14-4-2-3-13(5-14)8-27/h2-7,9-12,28H,1H3,(H3,29,30,31,33). The number of halogens is 3. The van der Waals surface area contributed by atoms with Crippen molar-refractivity contribution in [3.05, 3.63) is 94.8 Å². The van der Waals surface area contributed by atoms with Gasteiger partial charge in [0.15, 0.2) is 11.6 Å². The van der Waals surface area contributed by atoms with Gasteiger partial charge in [0.1, 0.15) is 29.5 Å². The molecule has 0 saturated heterocycles.